The van der Waals surface area contributed by atoms with Gasteiger partial charge in [0.1, 0.15) is 0 Å². The lowest BCUT2D eigenvalue weighted by atomic mass is 10.2. The number of hydrogen-bond donors (Lipinski definition) is 2. The van der Waals surface area contributed by atoms with Crippen LogP contribution in [0.1, 0.15) is 12.5 Å². The Hall–Kier alpha value is -1.30. The van der Waals surface area contributed by atoms with Crippen molar-refractivity contribution in [2.45, 2.75) is 6.92 Å². The third-order valence-electron chi connectivity index (χ3n) is 2.05. The van der Waals surface area contributed by atoms with Gasteiger partial charge >= 0.3 is 0 Å². The standard InChI is InChI=1S/C14H19N3.HI/c1-12(2)11-17-14(15)16-10-6-9-13-7-4-3-5-8-13;/h3-9H,1,10-11H2,2H3,(H3,15,16,17);1H. The first kappa shape index (κ1) is 16.7. The Morgan fingerprint density at radius 3 is 2.67 bits per heavy atom. The molecular formula is C14H20IN3. The van der Waals surface area contributed by atoms with E-state index >= 15 is 0 Å². The maximum Gasteiger partial charge on any atom is 0.189 e. The van der Waals surface area contributed by atoms with Crippen molar-refractivity contribution in [3.63, 3.8) is 0 Å². The lowest BCUT2D eigenvalue weighted by Gasteiger charge is -2.03. The summed E-state index contributed by atoms with van der Waals surface area (Å²) in [6.07, 6.45) is 4.00. The Morgan fingerprint density at radius 2 is 2.06 bits per heavy atom. The lowest BCUT2D eigenvalue weighted by Crippen LogP contribution is -2.32. The number of halogens is 1. The van der Waals surface area contributed by atoms with Gasteiger partial charge in [-0.25, -0.2) is 4.99 Å². The van der Waals surface area contributed by atoms with E-state index in [0.29, 0.717) is 19.0 Å². The minimum absolute atomic E-state index is 0. The van der Waals surface area contributed by atoms with Crippen molar-refractivity contribution in [1.29, 1.82) is 0 Å². The van der Waals surface area contributed by atoms with Gasteiger partial charge in [0.25, 0.3) is 0 Å². The summed E-state index contributed by atoms with van der Waals surface area (Å²) in [5.74, 6) is 0.450. The molecule has 1 aromatic rings. The number of hydrogen-bond acceptors (Lipinski definition) is 1. The van der Waals surface area contributed by atoms with Crippen LogP contribution in [0.2, 0.25) is 0 Å². The second kappa shape index (κ2) is 9.70. The van der Waals surface area contributed by atoms with Crippen LogP contribution in [-0.2, 0) is 0 Å². The van der Waals surface area contributed by atoms with E-state index in [4.69, 9.17) is 5.73 Å². The van der Waals surface area contributed by atoms with Gasteiger partial charge in [0.15, 0.2) is 5.96 Å². The molecule has 0 saturated heterocycles. The fourth-order valence-corrected chi connectivity index (χ4v) is 1.20. The molecule has 3 nitrogen and oxygen atoms in total. The smallest absolute Gasteiger partial charge is 0.189 e. The largest absolute Gasteiger partial charge is 0.370 e. The van der Waals surface area contributed by atoms with Gasteiger partial charge in [0, 0.05) is 6.54 Å². The van der Waals surface area contributed by atoms with Crippen LogP contribution in [0.3, 0.4) is 0 Å². The van der Waals surface area contributed by atoms with Crippen LogP contribution < -0.4 is 11.1 Å². The molecule has 0 unspecified atom stereocenters. The minimum Gasteiger partial charge on any atom is -0.370 e. The van der Waals surface area contributed by atoms with Crippen LogP contribution in [0.5, 0.6) is 0 Å². The van der Waals surface area contributed by atoms with Crippen LogP contribution in [0.15, 0.2) is 53.6 Å². The number of benzene rings is 1. The highest BCUT2D eigenvalue weighted by atomic mass is 127. The molecule has 1 aromatic carbocycles. The van der Waals surface area contributed by atoms with Gasteiger partial charge < -0.3 is 11.1 Å². The Balaban J connectivity index is 0.00000289. The van der Waals surface area contributed by atoms with Crippen molar-refractivity contribution >= 4 is 36.0 Å². The van der Waals surface area contributed by atoms with E-state index in [1.54, 1.807) is 0 Å². The maximum absolute atomic E-state index is 5.67. The van der Waals surface area contributed by atoms with Crippen LogP contribution in [0, 0.1) is 0 Å². The van der Waals surface area contributed by atoms with Crippen molar-refractivity contribution in [2.24, 2.45) is 10.7 Å². The molecule has 0 heterocycles. The predicted octanol–water partition coefficient (Wildman–Crippen LogP) is 2.80. The summed E-state index contributed by atoms with van der Waals surface area (Å²) in [6, 6.07) is 10.1. The average Bonchev–Trinajstić information content (AvgIpc) is 2.33. The molecule has 1 rings (SSSR count). The molecule has 0 aliphatic heterocycles. The maximum atomic E-state index is 5.67. The summed E-state index contributed by atoms with van der Waals surface area (Å²) >= 11 is 0. The molecule has 98 valence electrons. The molecule has 0 saturated carbocycles. The fourth-order valence-electron chi connectivity index (χ4n) is 1.20. The van der Waals surface area contributed by atoms with E-state index in [-0.39, 0.29) is 24.0 Å². The molecule has 0 atom stereocenters. The molecule has 3 N–H and O–H groups in total. The number of rotatable bonds is 5. The van der Waals surface area contributed by atoms with Crippen LogP contribution >= 0.6 is 24.0 Å². The van der Waals surface area contributed by atoms with Crippen molar-refractivity contribution in [3.05, 3.63) is 54.1 Å². The van der Waals surface area contributed by atoms with Crippen LogP contribution in [0.4, 0.5) is 0 Å². The first-order chi connectivity index (χ1) is 8.18. The van der Waals surface area contributed by atoms with Gasteiger partial charge in [0.05, 0.1) is 6.54 Å². The molecule has 4 heteroatoms. The highest BCUT2D eigenvalue weighted by molar-refractivity contribution is 14.0. The first-order valence-corrected chi connectivity index (χ1v) is 5.58. The quantitative estimate of drug-likeness (QED) is 0.369. The second-order valence-electron chi connectivity index (χ2n) is 3.85. The lowest BCUT2D eigenvalue weighted by molar-refractivity contribution is 0.961. The Bertz CT molecular complexity index is 410. The third-order valence-corrected chi connectivity index (χ3v) is 2.05. The average molecular weight is 357 g/mol. The van der Waals surface area contributed by atoms with Gasteiger partial charge in [-0.05, 0) is 12.5 Å². The number of nitrogens with one attached hydrogen (secondary N) is 1. The molecule has 18 heavy (non-hydrogen) atoms. The molecule has 0 spiro atoms. The van der Waals surface area contributed by atoms with E-state index in [9.17, 15) is 0 Å². The zero-order valence-corrected chi connectivity index (χ0v) is 12.9. The summed E-state index contributed by atoms with van der Waals surface area (Å²) in [7, 11) is 0. The predicted molar refractivity (Wildman–Crippen MR) is 90.2 cm³/mol. The SMILES string of the molecule is C=C(C)CNC(N)=NCC=Cc1ccccc1.I. The Kier molecular flexibility index (Phi) is 9.00. The van der Waals surface area contributed by atoms with E-state index in [2.05, 4.69) is 16.9 Å². The van der Waals surface area contributed by atoms with Gasteiger partial charge in [-0.1, -0.05) is 54.6 Å². The summed E-state index contributed by atoms with van der Waals surface area (Å²) in [6.45, 7) is 6.95. The molecule has 0 radical (unpaired) electrons. The second-order valence-corrected chi connectivity index (χ2v) is 3.85. The highest BCUT2D eigenvalue weighted by Crippen LogP contribution is 2.00. The van der Waals surface area contributed by atoms with Gasteiger partial charge in [-0.15, -0.1) is 24.0 Å². The third kappa shape index (κ3) is 7.89. The van der Waals surface area contributed by atoms with E-state index < -0.39 is 0 Å². The Labute approximate surface area is 126 Å². The Morgan fingerprint density at radius 1 is 1.39 bits per heavy atom. The van der Waals surface area contributed by atoms with Crippen molar-refractivity contribution < 1.29 is 0 Å². The summed E-state index contributed by atoms with van der Waals surface area (Å²) in [5.41, 5.74) is 7.86. The summed E-state index contributed by atoms with van der Waals surface area (Å²) < 4.78 is 0. The molecular weight excluding hydrogens is 337 g/mol. The number of nitrogens with zero attached hydrogens (tertiary/aromatic N) is 1. The van der Waals surface area contributed by atoms with Crippen LogP contribution in [0.25, 0.3) is 6.08 Å². The molecule has 0 fully saturated rings. The zero-order chi connectivity index (χ0) is 12.5. The topological polar surface area (TPSA) is 50.4 Å². The van der Waals surface area contributed by atoms with Gasteiger partial charge in [-0.3, -0.25) is 0 Å². The molecule has 0 aliphatic rings. The number of guanidine groups is 1. The van der Waals surface area contributed by atoms with Crippen molar-refractivity contribution in [2.75, 3.05) is 13.1 Å². The van der Waals surface area contributed by atoms with E-state index in [0.717, 1.165) is 11.1 Å². The highest BCUT2D eigenvalue weighted by Gasteiger charge is 1.89. The zero-order valence-electron chi connectivity index (χ0n) is 10.6. The number of nitrogens with two attached hydrogens (primary N) is 1. The fraction of sp³-hybridized carbons (Fsp3) is 0.214. The van der Waals surface area contributed by atoms with Crippen molar-refractivity contribution in [1.82, 2.24) is 5.32 Å². The van der Waals surface area contributed by atoms with E-state index in [1.165, 1.54) is 0 Å². The monoisotopic (exact) mass is 357 g/mol. The molecule has 0 amide bonds. The van der Waals surface area contributed by atoms with Crippen molar-refractivity contribution in [3.8, 4) is 0 Å². The first-order valence-electron chi connectivity index (χ1n) is 5.58. The van der Waals surface area contributed by atoms with Gasteiger partial charge in [0.2, 0.25) is 0 Å². The van der Waals surface area contributed by atoms with Crippen LogP contribution in [-0.4, -0.2) is 19.0 Å². The van der Waals surface area contributed by atoms with E-state index in [1.807, 2.05) is 49.4 Å². The molecule has 0 aromatic heterocycles. The molecule has 0 bridgehead atoms. The van der Waals surface area contributed by atoms with Gasteiger partial charge in [-0.2, -0.15) is 0 Å². The minimum atomic E-state index is 0. The number of aliphatic imine (C=N–C) groups is 1. The summed E-state index contributed by atoms with van der Waals surface area (Å²) in [4.78, 5) is 4.17. The normalized spacial score (nSPS) is 11.1. The summed E-state index contributed by atoms with van der Waals surface area (Å²) in [5, 5.41) is 2.98. The molecule has 0 aliphatic carbocycles.